The molecule has 1 aromatic rings. The van der Waals surface area contributed by atoms with Gasteiger partial charge in [0, 0.05) is 39.3 Å². The third kappa shape index (κ3) is 8.14. The van der Waals surface area contributed by atoms with E-state index in [9.17, 15) is 9.36 Å². The molecule has 0 saturated carbocycles. The van der Waals surface area contributed by atoms with Crippen molar-refractivity contribution < 1.29 is 14.5 Å². The van der Waals surface area contributed by atoms with E-state index in [0.717, 1.165) is 45.7 Å². The van der Waals surface area contributed by atoms with Crippen molar-refractivity contribution in [3.05, 3.63) is 35.4 Å². The number of rotatable bonds is 12. The highest BCUT2D eigenvalue weighted by Crippen LogP contribution is 2.55. The summed E-state index contributed by atoms with van der Waals surface area (Å²) in [7, 11) is -2.55. The molecule has 30 heavy (non-hydrogen) atoms. The molecule has 0 aromatic heterocycles. The molecule has 0 atom stereocenters. The molecule has 0 unspecified atom stereocenters. The van der Waals surface area contributed by atoms with Crippen LogP contribution in [0.25, 0.3) is 0 Å². The minimum absolute atomic E-state index is 0.354. The van der Waals surface area contributed by atoms with Crippen LogP contribution < -0.4 is 0 Å². The normalized spacial score (nSPS) is 11.9. The van der Waals surface area contributed by atoms with Crippen molar-refractivity contribution in [2.75, 3.05) is 39.3 Å². The van der Waals surface area contributed by atoms with Gasteiger partial charge in [-0.3, -0.25) is 4.57 Å². The molecule has 174 valence electrons. The SMILES string of the molecule is CC(C)Cc1ccc(C(=O)O)cc1.CCN(CC)P(=O)(N(CC)CC)N(CC)CC. The van der Waals surface area contributed by atoms with Crippen LogP contribution in [-0.4, -0.2) is 64.4 Å². The van der Waals surface area contributed by atoms with Crippen molar-refractivity contribution >= 4 is 13.6 Å². The van der Waals surface area contributed by atoms with E-state index in [-0.39, 0.29) is 0 Å². The summed E-state index contributed by atoms with van der Waals surface area (Å²) in [6, 6.07) is 7.06. The minimum atomic E-state index is -2.55. The molecular weight excluding hydrogens is 397 g/mol. The van der Waals surface area contributed by atoms with Crippen molar-refractivity contribution in [2.45, 2.75) is 61.8 Å². The van der Waals surface area contributed by atoms with Gasteiger partial charge in [-0.2, -0.15) is 0 Å². The molecule has 0 radical (unpaired) electrons. The van der Waals surface area contributed by atoms with E-state index < -0.39 is 13.6 Å². The number of carboxylic acids is 1. The standard InChI is InChI=1S/C12H30N3OP.C11H14O2/c1-7-13(8-2)17(16,14(9-3)10-4)15(11-5)12-6;1-8(2)7-9-3-5-10(6-4-9)11(12)13/h7-12H2,1-6H3;3-6,8H,7H2,1-2H3,(H,12,13). The zero-order valence-electron chi connectivity index (χ0n) is 20.4. The van der Waals surface area contributed by atoms with Crippen LogP contribution in [0.1, 0.15) is 71.3 Å². The lowest BCUT2D eigenvalue weighted by molar-refractivity contribution is 0.0697. The van der Waals surface area contributed by atoms with Crippen LogP contribution in [0, 0.1) is 5.92 Å². The van der Waals surface area contributed by atoms with E-state index in [4.69, 9.17) is 5.11 Å². The van der Waals surface area contributed by atoms with Gasteiger partial charge in [0.05, 0.1) is 5.56 Å². The molecule has 0 spiro atoms. The fourth-order valence-electron chi connectivity index (χ4n) is 3.57. The van der Waals surface area contributed by atoms with Crippen LogP contribution in [0.5, 0.6) is 0 Å². The lowest BCUT2D eigenvalue weighted by Crippen LogP contribution is -2.41. The van der Waals surface area contributed by atoms with E-state index in [1.54, 1.807) is 12.1 Å². The maximum atomic E-state index is 13.5. The molecule has 1 rings (SSSR count). The summed E-state index contributed by atoms with van der Waals surface area (Å²) in [6.45, 7) is 21.8. The maximum absolute atomic E-state index is 13.5. The quantitative estimate of drug-likeness (QED) is 0.420. The fourth-order valence-corrected chi connectivity index (χ4v) is 6.85. The summed E-state index contributed by atoms with van der Waals surface area (Å²) < 4.78 is 19.8. The third-order valence-electron chi connectivity index (χ3n) is 5.14. The van der Waals surface area contributed by atoms with Gasteiger partial charge in [-0.1, -0.05) is 67.5 Å². The number of hydrogen-bond donors (Lipinski definition) is 1. The number of benzene rings is 1. The van der Waals surface area contributed by atoms with E-state index in [0.29, 0.717) is 11.5 Å². The van der Waals surface area contributed by atoms with Crippen LogP contribution in [0.4, 0.5) is 0 Å². The van der Waals surface area contributed by atoms with E-state index >= 15 is 0 Å². The maximum Gasteiger partial charge on any atom is 0.335 e. The third-order valence-corrected chi connectivity index (χ3v) is 9.05. The Morgan fingerprint density at radius 1 is 0.800 bits per heavy atom. The highest BCUT2D eigenvalue weighted by molar-refractivity contribution is 7.56. The molecule has 0 aliphatic rings. The van der Waals surface area contributed by atoms with E-state index in [1.165, 1.54) is 5.56 Å². The number of carboxylic acid groups (broad SMARTS) is 1. The van der Waals surface area contributed by atoms with Gasteiger partial charge in [-0.05, 0) is 30.0 Å². The first-order valence-electron chi connectivity index (χ1n) is 11.3. The Labute approximate surface area is 184 Å². The highest BCUT2D eigenvalue weighted by atomic mass is 31.2. The van der Waals surface area contributed by atoms with Gasteiger partial charge < -0.3 is 5.11 Å². The summed E-state index contributed by atoms with van der Waals surface area (Å²) in [6.07, 6.45) is 1.000. The van der Waals surface area contributed by atoms with Gasteiger partial charge in [0.15, 0.2) is 0 Å². The predicted octanol–water partition coefficient (Wildman–Crippen LogP) is 5.70. The first-order valence-corrected chi connectivity index (χ1v) is 12.9. The van der Waals surface area contributed by atoms with Crippen LogP contribution in [0.2, 0.25) is 0 Å². The predicted molar refractivity (Wildman–Crippen MR) is 128 cm³/mol. The Balaban J connectivity index is 0.000000579. The van der Waals surface area contributed by atoms with Gasteiger partial charge in [0.2, 0.25) is 0 Å². The summed E-state index contributed by atoms with van der Waals surface area (Å²) >= 11 is 0. The molecule has 6 nitrogen and oxygen atoms in total. The zero-order chi connectivity index (χ0) is 23.3. The number of carbonyl (C=O) groups is 1. The molecule has 1 N–H and O–H groups in total. The molecule has 0 fully saturated rings. The lowest BCUT2D eigenvalue weighted by atomic mass is 10.0. The van der Waals surface area contributed by atoms with E-state index in [1.807, 2.05) is 12.1 Å². The smallest absolute Gasteiger partial charge is 0.335 e. The molecule has 1 aromatic carbocycles. The average Bonchev–Trinajstić information content (AvgIpc) is 2.71. The molecule has 0 heterocycles. The van der Waals surface area contributed by atoms with E-state index in [2.05, 4.69) is 69.4 Å². The van der Waals surface area contributed by atoms with Crippen LogP contribution in [-0.2, 0) is 11.0 Å². The second-order valence-electron chi connectivity index (χ2n) is 7.53. The summed E-state index contributed by atoms with van der Waals surface area (Å²) in [5.74, 6) is -0.258. The van der Waals surface area contributed by atoms with Gasteiger partial charge in [0.1, 0.15) is 0 Å². The van der Waals surface area contributed by atoms with Crippen molar-refractivity contribution in [1.82, 2.24) is 14.0 Å². The molecule has 0 amide bonds. The molecule has 0 bridgehead atoms. The largest absolute Gasteiger partial charge is 0.478 e. The molecular formula is C23H44N3O3P. The first-order chi connectivity index (χ1) is 14.2. The van der Waals surface area contributed by atoms with Crippen LogP contribution in [0.3, 0.4) is 0 Å². The summed E-state index contributed by atoms with van der Waals surface area (Å²) in [5.41, 5.74) is 1.55. The van der Waals surface area contributed by atoms with Crippen LogP contribution >= 0.6 is 7.59 Å². The Hall–Kier alpha value is -1.20. The van der Waals surface area contributed by atoms with Gasteiger partial charge in [-0.25, -0.2) is 18.8 Å². The number of aromatic carboxylic acids is 1. The summed E-state index contributed by atoms with van der Waals surface area (Å²) in [4.78, 5) is 10.5. The van der Waals surface area contributed by atoms with Gasteiger partial charge in [-0.15, -0.1) is 0 Å². The Morgan fingerprint density at radius 3 is 1.37 bits per heavy atom. The van der Waals surface area contributed by atoms with Gasteiger partial charge >= 0.3 is 5.97 Å². The molecule has 0 saturated heterocycles. The minimum Gasteiger partial charge on any atom is -0.478 e. The molecule has 0 aliphatic heterocycles. The molecule has 0 aliphatic carbocycles. The zero-order valence-corrected chi connectivity index (χ0v) is 21.3. The first kappa shape index (κ1) is 28.8. The monoisotopic (exact) mass is 441 g/mol. The van der Waals surface area contributed by atoms with Crippen molar-refractivity contribution in [3.63, 3.8) is 0 Å². The van der Waals surface area contributed by atoms with Crippen molar-refractivity contribution in [2.24, 2.45) is 5.92 Å². The topological polar surface area (TPSA) is 64.1 Å². The van der Waals surface area contributed by atoms with Gasteiger partial charge in [0.25, 0.3) is 7.59 Å². The average molecular weight is 442 g/mol. The number of hydrogen-bond acceptors (Lipinski definition) is 2. The van der Waals surface area contributed by atoms with Crippen molar-refractivity contribution in [1.29, 1.82) is 0 Å². The summed E-state index contributed by atoms with van der Waals surface area (Å²) in [5, 5.41) is 8.66. The second-order valence-corrected chi connectivity index (χ2v) is 10.3. The Morgan fingerprint density at radius 2 is 1.13 bits per heavy atom. The second kappa shape index (κ2) is 14.7. The highest BCUT2D eigenvalue weighted by Gasteiger charge is 2.38. The van der Waals surface area contributed by atoms with Crippen molar-refractivity contribution in [3.8, 4) is 0 Å². The number of nitrogens with zero attached hydrogens (tertiary/aromatic N) is 3. The molecule has 7 heteroatoms. The Bertz CT molecular complexity index is 600. The Kier molecular flexibility index (Phi) is 14.2. The lowest BCUT2D eigenvalue weighted by Gasteiger charge is -2.43. The fraction of sp³-hybridized carbons (Fsp3) is 0.696. The van der Waals surface area contributed by atoms with Crippen LogP contribution in [0.15, 0.2) is 24.3 Å².